The van der Waals surface area contributed by atoms with Crippen molar-refractivity contribution in [1.29, 1.82) is 0 Å². The van der Waals surface area contributed by atoms with Gasteiger partial charge in [-0.2, -0.15) is 0 Å². The van der Waals surface area contributed by atoms with E-state index in [4.69, 9.17) is 0 Å². The Morgan fingerprint density at radius 1 is 1.08 bits per heavy atom. The number of hydrogen-bond donors (Lipinski definition) is 0. The average Bonchev–Trinajstić information content (AvgIpc) is 2.46. The lowest BCUT2D eigenvalue weighted by atomic mass is 9.87. The summed E-state index contributed by atoms with van der Waals surface area (Å²) in [6.45, 7) is 4.07. The summed E-state index contributed by atoms with van der Waals surface area (Å²) in [5.41, 5.74) is 0.653. The average molecular weight is 232 g/mol. The third kappa shape index (κ3) is 1.69. The highest BCUT2D eigenvalue weighted by Gasteiger charge is 2.35. The minimum Gasteiger partial charge on any atom is -0.303 e. The van der Waals surface area contributed by atoms with E-state index in [1.165, 1.54) is 57.1 Å². The van der Waals surface area contributed by atoms with Crippen LogP contribution in [0.25, 0.3) is 0 Å². The maximum atomic E-state index is 3.69. The molecule has 0 aromatic heterocycles. The van der Waals surface area contributed by atoms with Crippen molar-refractivity contribution in [3.05, 3.63) is 0 Å². The molecular weight excluding hydrogens is 214 g/mol. The minimum atomic E-state index is 0.653. The largest absolute Gasteiger partial charge is 0.303 e. The Labute approximate surface area is 83.6 Å². The van der Waals surface area contributed by atoms with Crippen LogP contribution in [0.4, 0.5) is 0 Å². The third-order valence-corrected chi connectivity index (χ3v) is 4.64. The molecule has 12 heavy (non-hydrogen) atoms. The van der Waals surface area contributed by atoms with E-state index in [0.29, 0.717) is 5.41 Å². The van der Waals surface area contributed by atoms with Crippen LogP contribution in [0.2, 0.25) is 0 Å². The lowest BCUT2D eigenvalue weighted by Gasteiger charge is -2.39. The first-order valence-electron chi connectivity index (χ1n) is 5.13. The van der Waals surface area contributed by atoms with Gasteiger partial charge >= 0.3 is 0 Å². The summed E-state index contributed by atoms with van der Waals surface area (Å²) in [6, 6.07) is 0. The van der Waals surface area contributed by atoms with Gasteiger partial charge in [0, 0.05) is 11.9 Å². The fourth-order valence-electron chi connectivity index (χ4n) is 2.47. The van der Waals surface area contributed by atoms with Crippen molar-refractivity contribution < 1.29 is 0 Å². The maximum Gasteiger partial charge on any atom is 0.0100 e. The highest BCUT2D eigenvalue weighted by atomic mass is 79.9. The van der Waals surface area contributed by atoms with Gasteiger partial charge in [0.25, 0.3) is 0 Å². The van der Waals surface area contributed by atoms with Crippen LogP contribution in [-0.4, -0.2) is 29.9 Å². The van der Waals surface area contributed by atoms with Crippen LogP contribution in [0, 0.1) is 5.41 Å². The molecule has 0 radical (unpaired) electrons. The molecule has 2 heteroatoms. The van der Waals surface area contributed by atoms with Crippen molar-refractivity contribution in [2.45, 2.75) is 32.1 Å². The molecule has 1 saturated carbocycles. The molecule has 2 aliphatic rings. The summed E-state index contributed by atoms with van der Waals surface area (Å²) in [4.78, 5) is 2.62. The summed E-state index contributed by atoms with van der Waals surface area (Å²) in [5.74, 6) is 0. The molecule has 0 aromatic carbocycles. The van der Waals surface area contributed by atoms with Crippen LogP contribution < -0.4 is 0 Å². The van der Waals surface area contributed by atoms with Crippen LogP contribution in [-0.2, 0) is 0 Å². The Hall–Kier alpha value is 0.440. The predicted octanol–water partition coefficient (Wildman–Crippen LogP) is 2.65. The topological polar surface area (TPSA) is 3.24 Å². The third-order valence-electron chi connectivity index (χ3n) is 3.46. The van der Waals surface area contributed by atoms with Crippen LogP contribution in [0.1, 0.15) is 32.1 Å². The van der Waals surface area contributed by atoms with E-state index in [0.717, 1.165) is 0 Å². The normalized spacial score (nSPS) is 28.8. The SMILES string of the molecule is BrCC1(CN2CCC2)CCCC1. The van der Waals surface area contributed by atoms with E-state index < -0.39 is 0 Å². The first-order chi connectivity index (χ1) is 5.85. The summed E-state index contributed by atoms with van der Waals surface area (Å²) >= 11 is 3.69. The van der Waals surface area contributed by atoms with Gasteiger partial charge in [0.15, 0.2) is 0 Å². The minimum absolute atomic E-state index is 0.653. The number of alkyl halides is 1. The first-order valence-corrected chi connectivity index (χ1v) is 6.25. The molecule has 1 aliphatic carbocycles. The van der Waals surface area contributed by atoms with Crippen LogP contribution in [0.3, 0.4) is 0 Å². The molecule has 0 amide bonds. The molecule has 1 heterocycles. The van der Waals surface area contributed by atoms with E-state index in [1.54, 1.807) is 0 Å². The van der Waals surface area contributed by atoms with E-state index in [1.807, 2.05) is 0 Å². The smallest absolute Gasteiger partial charge is 0.0100 e. The number of hydrogen-bond acceptors (Lipinski definition) is 1. The Morgan fingerprint density at radius 3 is 2.17 bits per heavy atom. The molecule has 2 rings (SSSR count). The van der Waals surface area contributed by atoms with Gasteiger partial charge < -0.3 is 4.90 Å². The summed E-state index contributed by atoms with van der Waals surface area (Å²) in [6.07, 6.45) is 7.25. The van der Waals surface area contributed by atoms with Crippen molar-refractivity contribution in [2.75, 3.05) is 25.0 Å². The number of rotatable bonds is 3. The van der Waals surface area contributed by atoms with E-state index >= 15 is 0 Å². The Balaban J connectivity index is 1.87. The van der Waals surface area contributed by atoms with Gasteiger partial charge in [-0.05, 0) is 37.8 Å². The van der Waals surface area contributed by atoms with Gasteiger partial charge in [-0.15, -0.1) is 0 Å². The number of halogens is 1. The Morgan fingerprint density at radius 2 is 1.75 bits per heavy atom. The van der Waals surface area contributed by atoms with Crippen LogP contribution in [0.5, 0.6) is 0 Å². The molecule has 0 atom stereocenters. The molecule has 2 fully saturated rings. The molecule has 1 nitrogen and oxygen atoms in total. The maximum absolute atomic E-state index is 3.69. The molecule has 0 aromatic rings. The standard InChI is InChI=1S/C10H18BrN/c11-8-10(4-1-2-5-10)9-12-6-3-7-12/h1-9H2. The quantitative estimate of drug-likeness (QED) is 0.676. The zero-order valence-corrected chi connectivity index (χ0v) is 9.28. The van der Waals surface area contributed by atoms with Crippen molar-refractivity contribution in [3.8, 4) is 0 Å². The predicted molar refractivity (Wildman–Crippen MR) is 55.8 cm³/mol. The van der Waals surface area contributed by atoms with Gasteiger partial charge in [-0.25, -0.2) is 0 Å². The molecule has 1 saturated heterocycles. The lowest BCUT2D eigenvalue weighted by Crippen LogP contribution is -2.44. The van der Waals surface area contributed by atoms with E-state index in [-0.39, 0.29) is 0 Å². The monoisotopic (exact) mass is 231 g/mol. The van der Waals surface area contributed by atoms with Gasteiger partial charge in [-0.1, -0.05) is 28.8 Å². The fraction of sp³-hybridized carbons (Fsp3) is 1.00. The van der Waals surface area contributed by atoms with Gasteiger partial charge in [-0.3, -0.25) is 0 Å². The first kappa shape index (κ1) is 9.01. The fourth-order valence-corrected chi connectivity index (χ4v) is 3.21. The van der Waals surface area contributed by atoms with Gasteiger partial charge in [0.1, 0.15) is 0 Å². The van der Waals surface area contributed by atoms with Crippen molar-refractivity contribution >= 4 is 15.9 Å². The molecular formula is C10H18BrN. The van der Waals surface area contributed by atoms with Crippen molar-refractivity contribution in [3.63, 3.8) is 0 Å². The number of nitrogens with zero attached hydrogens (tertiary/aromatic N) is 1. The Bertz CT molecular complexity index is 148. The molecule has 0 N–H and O–H groups in total. The van der Waals surface area contributed by atoms with Crippen LogP contribution in [0.15, 0.2) is 0 Å². The Kier molecular flexibility index (Phi) is 2.75. The van der Waals surface area contributed by atoms with Crippen molar-refractivity contribution in [1.82, 2.24) is 4.90 Å². The van der Waals surface area contributed by atoms with Crippen LogP contribution >= 0.6 is 15.9 Å². The summed E-state index contributed by atoms with van der Waals surface area (Å²) in [7, 11) is 0. The lowest BCUT2D eigenvalue weighted by molar-refractivity contribution is 0.113. The molecule has 0 unspecified atom stereocenters. The second-order valence-corrected chi connectivity index (χ2v) is 5.03. The number of likely N-dealkylation sites (tertiary alicyclic amines) is 1. The van der Waals surface area contributed by atoms with E-state index in [9.17, 15) is 0 Å². The van der Waals surface area contributed by atoms with E-state index in [2.05, 4.69) is 20.8 Å². The summed E-state index contributed by atoms with van der Waals surface area (Å²) in [5, 5.41) is 1.22. The highest BCUT2D eigenvalue weighted by Crippen LogP contribution is 2.40. The second-order valence-electron chi connectivity index (χ2n) is 4.47. The van der Waals surface area contributed by atoms with Gasteiger partial charge in [0.2, 0.25) is 0 Å². The zero-order valence-electron chi connectivity index (χ0n) is 7.69. The van der Waals surface area contributed by atoms with Crippen molar-refractivity contribution in [2.24, 2.45) is 5.41 Å². The molecule has 0 bridgehead atoms. The summed E-state index contributed by atoms with van der Waals surface area (Å²) < 4.78 is 0. The molecule has 70 valence electrons. The zero-order chi connectivity index (χ0) is 8.44. The van der Waals surface area contributed by atoms with Gasteiger partial charge in [0.05, 0.1) is 0 Å². The molecule has 1 aliphatic heterocycles. The second kappa shape index (κ2) is 3.67. The molecule has 0 spiro atoms. The highest BCUT2D eigenvalue weighted by molar-refractivity contribution is 9.09.